The summed E-state index contributed by atoms with van der Waals surface area (Å²) >= 11 is 5.97. The molecule has 0 saturated heterocycles. The zero-order valence-corrected chi connectivity index (χ0v) is 13.6. The number of ether oxygens (including phenoxy) is 2. The van der Waals surface area contributed by atoms with Gasteiger partial charge in [-0.25, -0.2) is 4.79 Å². The van der Waals surface area contributed by atoms with Crippen molar-refractivity contribution in [1.82, 2.24) is 10.2 Å². The van der Waals surface area contributed by atoms with Gasteiger partial charge in [-0.3, -0.25) is 0 Å². The van der Waals surface area contributed by atoms with E-state index in [1.807, 2.05) is 0 Å². The van der Waals surface area contributed by atoms with Crippen molar-refractivity contribution in [3.63, 3.8) is 0 Å². The first-order chi connectivity index (χ1) is 11.2. The largest absolute Gasteiger partial charge is 0.462 e. The maximum Gasteiger partial charge on any atom is 0.344 e. The lowest BCUT2D eigenvalue weighted by Gasteiger charge is -2.19. The second kappa shape index (κ2) is 6.96. The molecule has 23 heavy (non-hydrogen) atoms. The number of nitrogens with zero attached hydrogens (tertiary/aromatic N) is 2. The molecule has 1 heterocycles. The Kier molecular flexibility index (Phi) is 4.76. The van der Waals surface area contributed by atoms with Crippen LogP contribution in [0.2, 0.25) is 5.02 Å². The Morgan fingerprint density at radius 3 is 2.87 bits per heavy atom. The van der Waals surface area contributed by atoms with Gasteiger partial charge < -0.3 is 9.47 Å². The summed E-state index contributed by atoms with van der Waals surface area (Å²) < 4.78 is 10.9. The summed E-state index contributed by atoms with van der Waals surface area (Å²) in [6, 6.07) is 6.94. The van der Waals surface area contributed by atoms with Gasteiger partial charge in [0.25, 0.3) is 5.88 Å². The van der Waals surface area contributed by atoms with Gasteiger partial charge in [0.2, 0.25) is 0 Å². The van der Waals surface area contributed by atoms with Crippen molar-refractivity contribution in [2.24, 2.45) is 0 Å². The van der Waals surface area contributed by atoms with E-state index in [0.717, 1.165) is 36.9 Å². The number of halogens is 1. The number of benzene rings is 1. The van der Waals surface area contributed by atoms with Crippen molar-refractivity contribution in [1.29, 1.82) is 0 Å². The van der Waals surface area contributed by atoms with E-state index in [1.165, 1.54) is 0 Å². The van der Waals surface area contributed by atoms with Crippen LogP contribution in [0, 0.1) is 0 Å². The van der Waals surface area contributed by atoms with Crippen LogP contribution in [0.4, 0.5) is 0 Å². The van der Waals surface area contributed by atoms with E-state index in [0.29, 0.717) is 22.9 Å². The van der Waals surface area contributed by atoms with Gasteiger partial charge in [-0.05, 0) is 56.4 Å². The second-order valence-electron chi connectivity index (χ2n) is 5.29. The SMILES string of the molecule is CCOC(=O)c1c(Oc2cccc(Cl)c2)nnc2c1CCCC2. The number of hydrogen-bond donors (Lipinski definition) is 0. The quantitative estimate of drug-likeness (QED) is 0.792. The van der Waals surface area contributed by atoms with Gasteiger partial charge in [-0.2, -0.15) is 5.10 Å². The molecule has 0 amide bonds. The molecule has 0 radical (unpaired) electrons. The minimum Gasteiger partial charge on any atom is -0.462 e. The summed E-state index contributed by atoms with van der Waals surface area (Å²) in [5.41, 5.74) is 2.14. The van der Waals surface area contributed by atoms with Crippen LogP contribution in [0.3, 0.4) is 0 Å². The Balaban J connectivity index is 2.03. The van der Waals surface area contributed by atoms with E-state index >= 15 is 0 Å². The smallest absolute Gasteiger partial charge is 0.344 e. The lowest BCUT2D eigenvalue weighted by molar-refractivity contribution is 0.0520. The zero-order valence-electron chi connectivity index (χ0n) is 12.8. The predicted octanol–water partition coefficient (Wildman–Crippen LogP) is 3.98. The number of aryl methyl sites for hydroxylation is 1. The van der Waals surface area contributed by atoms with E-state index in [4.69, 9.17) is 21.1 Å². The molecule has 0 fully saturated rings. The molecule has 1 aromatic carbocycles. The lowest BCUT2D eigenvalue weighted by atomic mass is 9.93. The van der Waals surface area contributed by atoms with Crippen molar-refractivity contribution in [3.8, 4) is 11.6 Å². The average molecular weight is 333 g/mol. The van der Waals surface area contributed by atoms with E-state index in [1.54, 1.807) is 31.2 Å². The van der Waals surface area contributed by atoms with Crippen LogP contribution >= 0.6 is 11.6 Å². The standard InChI is InChI=1S/C17H17ClN2O3/c1-2-22-17(21)15-13-8-3-4-9-14(13)19-20-16(15)23-12-7-5-6-11(18)10-12/h5-7,10H,2-4,8-9H2,1H3. The summed E-state index contributed by atoms with van der Waals surface area (Å²) in [5.74, 6) is 0.261. The van der Waals surface area contributed by atoms with E-state index < -0.39 is 5.97 Å². The Morgan fingerprint density at radius 2 is 2.09 bits per heavy atom. The van der Waals surface area contributed by atoms with Gasteiger partial charge in [0.15, 0.2) is 0 Å². The number of carbonyl (C=O) groups is 1. The van der Waals surface area contributed by atoms with E-state index in [2.05, 4.69) is 10.2 Å². The van der Waals surface area contributed by atoms with Crippen LogP contribution in [-0.2, 0) is 17.6 Å². The Labute approximate surface area is 139 Å². The fourth-order valence-corrected chi connectivity index (χ4v) is 2.86. The maximum atomic E-state index is 12.4. The van der Waals surface area contributed by atoms with Crippen LogP contribution in [0.1, 0.15) is 41.4 Å². The second-order valence-corrected chi connectivity index (χ2v) is 5.73. The maximum absolute atomic E-state index is 12.4. The molecule has 0 unspecified atom stereocenters. The number of fused-ring (bicyclic) bond motifs is 1. The third kappa shape index (κ3) is 3.45. The molecule has 0 saturated carbocycles. The summed E-state index contributed by atoms with van der Waals surface area (Å²) in [4.78, 5) is 12.4. The van der Waals surface area contributed by atoms with Gasteiger partial charge in [0.05, 0.1) is 12.3 Å². The Bertz CT molecular complexity index is 734. The molecule has 0 aliphatic heterocycles. The normalized spacial score (nSPS) is 13.3. The van der Waals surface area contributed by atoms with Crippen molar-refractivity contribution in [3.05, 3.63) is 46.1 Å². The Morgan fingerprint density at radius 1 is 1.26 bits per heavy atom. The molecule has 6 heteroatoms. The highest BCUT2D eigenvalue weighted by Crippen LogP contribution is 2.31. The van der Waals surface area contributed by atoms with Crippen molar-refractivity contribution < 1.29 is 14.3 Å². The minimum absolute atomic E-state index is 0.173. The third-order valence-electron chi connectivity index (χ3n) is 3.71. The highest BCUT2D eigenvalue weighted by molar-refractivity contribution is 6.30. The first kappa shape index (κ1) is 15.7. The van der Waals surface area contributed by atoms with Gasteiger partial charge in [-0.1, -0.05) is 17.7 Å². The molecule has 120 valence electrons. The highest BCUT2D eigenvalue weighted by Gasteiger charge is 2.26. The lowest BCUT2D eigenvalue weighted by Crippen LogP contribution is -2.17. The summed E-state index contributed by atoms with van der Waals surface area (Å²) in [6.45, 7) is 2.07. The highest BCUT2D eigenvalue weighted by atomic mass is 35.5. The van der Waals surface area contributed by atoms with E-state index in [9.17, 15) is 4.79 Å². The van der Waals surface area contributed by atoms with Crippen molar-refractivity contribution >= 4 is 17.6 Å². The molecule has 0 spiro atoms. The molecule has 1 aromatic heterocycles. The van der Waals surface area contributed by atoms with Crippen LogP contribution in [0.5, 0.6) is 11.6 Å². The number of hydrogen-bond acceptors (Lipinski definition) is 5. The number of esters is 1. The van der Waals surface area contributed by atoms with Crippen LogP contribution < -0.4 is 4.74 Å². The fraction of sp³-hybridized carbons (Fsp3) is 0.353. The molecular weight excluding hydrogens is 316 g/mol. The van der Waals surface area contributed by atoms with Gasteiger partial charge in [0, 0.05) is 5.02 Å². The van der Waals surface area contributed by atoms with Crippen LogP contribution in [0.25, 0.3) is 0 Å². The molecular formula is C17H17ClN2O3. The summed E-state index contributed by atoms with van der Waals surface area (Å²) in [7, 11) is 0. The van der Waals surface area contributed by atoms with Crippen molar-refractivity contribution in [2.75, 3.05) is 6.61 Å². The first-order valence-corrected chi connectivity index (χ1v) is 8.05. The number of carbonyl (C=O) groups excluding carboxylic acids is 1. The van der Waals surface area contributed by atoms with Crippen LogP contribution in [-0.4, -0.2) is 22.8 Å². The molecule has 0 atom stereocenters. The predicted molar refractivity (Wildman–Crippen MR) is 86.2 cm³/mol. The third-order valence-corrected chi connectivity index (χ3v) is 3.94. The number of rotatable bonds is 4. The molecule has 0 bridgehead atoms. The van der Waals surface area contributed by atoms with Crippen molar-refractivity contribution in [2.45, 2.75) is 32.6 Å². The number of aromatic nitrogens is 2. The fourth-order valence-electron chi connectivity index (χ4n) is 2.68. The van der Waals surface area contributed by atoms with Crippen LogP contribution in [0.15, 0.2) is 24.3 Å². The van der Waals surface area contributed by atoms with Gasteiger partial charge in [-0.15, -0.1) is 5.10 Å². The topological polar surface area (TPSA) is 61.3 Å². The first-order valence-electron chi connectivity index (χ1n) is 7.68. The van der Waals surface area contributed by atoms with E-state index in [-0.39, 0.29) is 5.88 Å². The summed E-state index contributed by atoms with van der Waals surface area (Å²) in [6.07, 6.45) is 3.68. The molecule has 2 aromatic rings. The molecule has 1 aliphatic rings. The van der Waals surface area contributed by atoms with Gasteiger partial charge in [0.1, 0.15) is 11.3 Å². The molecule has 3 rings (SSSR count). The monoisotopic (exact) mass is 332 g/mol. The zero-order chi connectivity index (χ0) is 16.2. The van der Waals surface area contributed by atoms with Gasteiger partial charge >= 0.3 is 5.97 Å². The average Bonchev–Trinajstić information content (AvgIpc) is 2.55. The molecule has 5 nitrogen and oxygen atoms in total. The summed E-state index contributed by atoms with van der Waals surface area (Å²) in [5, 5.41) is 8.88. The molecule has 1 aliphatic carbocycles. The Hall–Kier alpha value is -2.14. The molecule has 0 N–H and O–H groups in total. The minimum atomic E-state index is -0.419.